The van der Waals surface area contributed by atoms with Gasteiger partial charge in [0.05, 0.1) is 50.2 Å². The van der Waals surface area contributed by atoms with Crippen molar-refractivity contribution in [2.45, 2.75) is 38.6 Å². The molecule has 3 aliphatic heterocycles. The zero-order valence-corrected chi connectivity index (χ0v) is 19.9. The summed E-state index contributed by atoms with van der Waals surface area (Å²) in [5.74, 6) is 1.65. The molecular weight excluding hydrogens is 438 g/mol. The first-order valence-corrected chi connectivity index (χ1v) is 11.9. The maximum absolute atomic E-state index is 11.9. The van der Waals surface area contributed by atoms with Crippen molar-refractivity contribution < 1.29 is 19.0 Å². The van der Waals surface area contributed by atoms with Crippen LogP contribution in [-0.4, -0.2) is 72.8 Å². The second-order valence-electron chi connectivity index (χ2n) is 8.65. The van der Waals surface area contributed by atoms with E-state index >= 15 is 0 Å². The predicted molar refractivity (Wildman–Crippen MR) is 126 cm³/mol. The number of aromatic nitrogens is 3. The number of aromatic amines is 1. The molecule has 0 unspecified atom stereocenters. The Hall–Kier alpha value is -3.14. The van der Waals surface area contributed by atoms with Gasteiger partial charge in [0.2, 0.25) is 5.91 Å². The van der Waals surface area contributed by atoms with Crippen LogP contribution in [-0.2, 0) is 22.5 Å². The van der Waals surface area contributed by atoms with Gasteiger partial charge >= 0.3 is 0 Å². The molecule has 1 amide bonds. The normalized spacial score (nSPS) is 18.1. The predicted octanol–water partition coefficient (Wildman–Crippen LogP) is 1.78. The first-order chi connectivity index (χ1) is 16.6. The quantitative estimate of drug-likeness (QED) is 0.719. The summed E-state index contributed by atoms with van der Waals surface area (Å²) in [5.41, 5.74) is 2.38. The molecule has 0 bridgehead atoms. The van der Waals surface area contributed by atoms with Gasteiger partial charge in [-0.15, -0.1) is 0 Å². The van der Waals surface area contributed by atoms with Crippen LogP contribution < -0.4 is 19.9 Å². The van der Waals surface area contributed by atoms with Gasteiger partial charge in [-0.1, -0.05) is 0 Å². The van der Waals surface area contributed by atoms with E-state index in [9.17, 15) is 9.59 Å². The number of anilines is 1. The lowest BCUT2D eigenvalue weighted by Gasteiger charge is -2.29. The molecule has 0 atom stereocenters. The average molecular weight is 472 g/mol. The van der Waals surface area contributed by atoms with Gasteiger partial charge in [0.1, 0.15) is 0 Å². The van der Waals surface area contributed by atoms with E-state index in [0.717, 1.165) is 63.5 Å². The number of ether oxygens (including phenoxy) is 3. The van der Waals surface area contributed by atoms with Crippen LogP contribution in [0.25, 0.3) is 0 Å². The molecule has 2 aromatic heterocycles. The van der Waals surface area contributed by atoms with Crippen LogP contribution >= 0.6 is 0 Å². The maximum atomic E-state index is 11.9. The van der Waals surface area contributed by atoms with Crippen molar-refractivity contribution in [1.82, 2.24) is 19.9 Å². The number of fused-ring (bicyclic) bond motifs is 1. The number of carbonyl (C=O) groups is 1. The summed E-state index contributed by atoms with van der Waals surface area (Å²) < 4.78 is 15.6. The van der Waals surface area contributed by atoms with Gasteiger partial charge in [0, 0.05) is 51.3 Å². The summed E-state index contributed by atoms with van der Waals surface area (Å²) in [6.45, 7) is 4.79. The number of rotatable bonds is 4. The van der Waals surface area contributed by atoms with Crippen LogP contribution in [0.1, 0.15) is 36.9 Å². The number of carbonyl (C=O) groups excluding carboxylic acids is 1. The van der Waals surface area contributed by atoms with Gasteiger partial charge in [-0.2, -0.15) is 0 Å². The molecule has 5 heterocycles. The van der Waals surface area contributed by atoms with Crippen molar-refractivity contribution in [2.75, 3.05) is 52.0 Å². The highest BCUT2D eigenvalue weighted by molar-refractivity contribution is 5.79. The number of nitrogens with one attached hydrogen (secondary N) is 1. The molecule has 5 rings (SSSR count). The van der Waals surface area contributed by atoms with E-state index in [1.54, 1.807) is 20.4 Å². The Morgan fingerprint density at radius 1 is 1.12 bits per heavy atom. The van der Waals surface area contributed by atoms with Crippen molar-refractivity contribution in [1.29, 1.82) is 0 Å². The Kier molecular flexibility index (Phi) is 7.99. The number of nitrogens with zero attached hydrogens (tertiary/aromatic N) is 4. The first-order valence-electron chi connectivity index (χ1n) is 11.9. The Morgan fingerprint density at radius 3 is 2.59 bits per heavy atom. The first kappa shape index (κ1) is 24.0. The number of H-pyrrole nitrogens is 1. The molecule has 0 aliphatic carbocycles. The van der Waals surface area contributed by atoms with Gasteiger partial charge in [0.15, 0.2) is 5.75 Å². The molecule has 2 fully saturated rings. The van der Waals surface area contributed by atoms with Crippen molar-refractivity contribution >= 4 is 11.6 Å². The summed E-state index contributed by atoms with van der Waals surface area (Å²) in [4.78, 5) is 38.9. The molecule has 0 saturated carbocycles. The molecule has 0 radical (unpaired) electrons. The van der Waals surface area contributed by atoms with Crippen molar-refractivity contribution in [2.24, 2.45) is 5.92 Å². The van der Waals surface area contributed by atoms with Crippen molar-refractivity contribution in [3.8, 4) is 11.6 Å². The van der Waals surface area contributed by atoms with E-state index in [-0.39, 0.29) is 11.5 Å². The van der Waals surface area contributed by atoms with E-state index in [1.165, 1.54) is 19.2 Å². The number of methoxy groups -OCH3 is 2. The second-order valence-corrected chi connectivity index (χ2v) is 8.65. The third-order valence-corrected chi connectivity index (χ3v) is 6.58. The van der Waals surface area contributed by atoms with Crippen LogP contribution in [0.15, 0.2) is 23.4 Å². The summed E-state index contributed by atoms with van der Waals surface area (Å²) in [6, 6.07) is 1.86. The fourth-order valence-corrected chi connectivity index (χ4v) is 4.61. The topological polar surface area (TPSA) is 110 Å². The van der Waals surface area contributed by atoms with Crippen molar-refractivity contribution in [3.63, 3.8) is 0 Å². The second kappa shape index (κ2) is 11.3. The SMILES string of the molecule is COc1cc(N2CCc3nc[nH]c(=O)c3C2)cnc1OC.O=C(C1CCOCC1)N1CCCC1. The summed E-state index contributed by atoms with van der Waals surface area (Å²) in [5, 5.41) is 0. The molecular formula is C24H33N5O5. The standard InChI is InChI=1S/C14H16N4O3.C10H17NO2/c1-20-12-5-9(6-15-14(12)21-2)18-4-3-11-10(7-18)13(19)17-8-16-11;12-10(11-5-1-2-6-11)9-3-7-13-8-4-9/h5-6,8H,3-4,7H2,1-2H3,(H,16,17,19);9H,1-8H2. The highest BCUT2D eigenvalue weighted by Crippen LogP contribution is 2.30. The fraction of sp³-hybridized carbons (Fsp3) is 0.583. The zero-order chi connectivity index (χ0) is 23.9. The van der Waals surface area contributed by atoms with Gasteiger partial charge < -0.3 is 29.0 Å². The Bertz CT molecular complexity index is 1030. The van der Waals surface area contributed by atoms with Gasteiger partial charge in [-0.25, -0.2) is 9.97 Å². The van der Waals surface area contributed by atoms with E-state index < -0.39 is 0 Å². The third-order valence-electron chi connectivity index (χ3n) is 6.58. The lowest BCUT2D eigenvalue weighted by molar-refractivity contribution is -0.137. The van der Waals surface area contributed by atoms with Crippen LogP contribution in [0.4, 0.5) is 5.69 Å². The minimum Gasteiger partial charge on any atom is -0.491 e. The highest BCUT2D eigenvalue weighted by atomic mass is 16.5. The molecule has 184 valence electrons. The van der Waals surface area contributed by atoms with E-state index in [2.05, 4.69) is 19.9 Å². The lowest BCUT2D eigenvalue weighted by Crippen LogP contribution is -2.36. The summed E-state index contributed by atoms with van der Waals surface area (Å²) >= 11 is 0. The minimum absolute atomic E-state index is 0.0851. The smallest absolute Gasteiger partial charge is 0.256 e. The minimum atomic E-state index is -0.0851. The number of pyridine rings is 1. The van der Waals surface area contributed by atoms with Gasteiger partial charge in [0.25, 0.3) is 11.4 Å². The maximum Gasteiger partial charge on any atom is 0.256 e. The van der Waals surface area contributed by atoms with E-state index in [1.807, 2.05) is 11.0 Å². The zero-order valence-electron chi connectivity index (χ0n) is 19.9. The third kappa shape index (κ3) is 5.49. The largest absolute Gasteiger partial charge is 0.491 e. The molecule has 3 aliphatic rings. The van der Waals surface area contributed by atoms with Crippen LogP contribution in [0, 0.1) is 5.92 Å². The molecule has 10 nitrogen and oxygen atoms in total. The highest BCUT2D eigenvalue weighted by Gasteiger charge is 2.27. The monoisotopic (exact) mass is 471 g/mol. The summed E-state index contributed by atoms with van der Waals surface area (Å²) in [7, 11) is 3.12. The van der Waals surface area contributed by atoms with E-state index in [4.69, 9.17) is 14.2 Å². The molecule has 1 N–H and O–H groups in total. The Morgan fingerprint density at radius 2 is 1.88 bits per heavy atom. The summed E-state index contributed by atoms with van der Waals surface area (Å²) in [6.07, 6.45) is 8.13. The van der Waals surface area contributed by atoms with Crippen LogP contribution in [0.2, 0.25) is 0 Å². The Balaban J connectivity index is 0.000000180. The van der Waals surface area contributed by atoms with Crippen LogP contribution in [0.5, 0.6) is 11.6 Å². The molecule has 2 aromatic rings. The molecule has 2 saturated heterocycles. The fourth-order valence-electron chi connectivity index (χ4n) is 4.61. The molecule has 0 aromatic carbocycles. The molecule has 10 heteroatoms. The average Bonchev–Trinajstić information content (AvgIpc) is 3.44. The molecule has 0 spiro atoms. The number of amides is 1. The van der Waals surface area contributed by atoms with Crippen molar-refractivity contribution in [3.05, 3.63) is 40.2 Å². The van der Waals surface area contributed by atoms with Crippen LogP contribution in [0.3, 0.4) is 0 Å². The van der Waals surface area contributed by atoms with E-state index in [0.29, 0.717) is 29.6 Å². The lowest BCUT2D eigenvalue weighted by atomic mass is 9.99. The Labute approximate surface area is 199 Å². The number of hydrogen-bond donors (Lipinski definition) is 1. The molecule has 34 heavy (non-hydrogen) atoms. The van der Waals surface area contributed by atoms with Gasteiger partial charge in [-0.3, -0.25) is 9.59 Å². The number of hydrogen-bond acceptors (Lipinski definition) is 8. The number of likely N-dealkylation sites (tertiary alicyclic amines) is 1. The van der Waals surface area contributed by atoms with Gasteiger partial charge in [-0.05, 0) is 25.7 Å².